The molecule has 2 aromatic rings. The molecule has 1 aromatic carbocycles. The largest absolute Gasteiger partial charge is 0.462 e. The number of aromatic nitrogens is 1. The standard InChI is InChI=1S/C19H19ClN2O5/c1-2-3-10-26-18(24)13-4-6-15(7-5-13)22-17(23)12-27-19(25)14-8-9-21-16(20)11-14/h4-9,11H,2-3,10,12H2,1H3,(H,22,23). The van der Waals surface area contributed by atoms with E-state index in [1.54, 1.807) is 24.3 Å². The first-order valence-electron chi connectivity index (χ1n) is 8.35. The molecule has 0 aliphatic rings. The van der Waals surface area contributed by atoms with Crippen LogP contribution in [0.3, 0.4) is 0 Å². The first kappa shape index (κ1) is 20.4. The average molecular weight is 391 g/mol. The highest BCUT2D eigenvalue weighted by Crippen LogP contribution is 2.12. The van der Waals surface area contributed by atoms with E-state index in [0.717, 1.165) is 12.8 Å². The minimum absolute atomic E-state index is 0.155. The second kappa shape index (κ2) is 10.3. The summed E-state index contributed by atoms with van der Waals surface area (Å²) in [5.41, 5.74) is 1.06. The topological polar surface area (TPSA) is 94.6 Å². The fraction of sp³-hybridized carbons (Fsp3) is 0.263. The fourth-order valence-electron chi connectivity index (χ4n) is 2.02. The Balaban J connectivity index is 1.81. The Hall–Kier alpha value is -2.93. The van der Waals surface area contributed by atoms with Crippen LogP contribution in [0.4, 0.5) is 5.69 Å². The second-order valence-corrected chi connectivity index (χ2v) is 5.95. The summed E-state index contributed by atoms with van der Waals surface area (Å²) >= 11 is 5.70. The molecule has 2 rings (SSSR count). The number of amides is 1. The zero-order chi connectivity index (χ0) is 19.6. The Morgan fingerprint density at radius 3 is 2.41 bits per heavy atom. The summed E-state index contributed by atoms with van der Waals surface area (Å²) < 4.78 is 10.0. The molecule has 8 heteroatoms. The van der Waals surface area contributed by atoms with Crippen LogP contribution < -0.4 is 5.32 Å². The van der Waals surface area contributed by atoms with E-state index in [4.69, 9.17) is 21.1 Å². The molecule has 1 aromatic heterocycles. The number of rotatable bonds is 8. The maximum atomic E-state index is 11.9. The van der Waals surface area contributed by atoms with E-state index in [1.165, 1.54) is 18.3 Å². The van der Waals surface area contributed by atoms with Crippen molar-refractivity contribution in [2.45, 2.75) is 19.8 Å². The van der Waals surface area contributed by atoms with Crippen LogP contribution in [0.2, 0.25) is 5.15 Å². The van der Waals surface area contributed by atoms with Crippen LogP contribution in [-0.2, 0) is 14.3 Å². The zero-order valence-corrected chi connectivity index (χ0v) is 15.5. The van der Waals surface area contributed by atoms with E-state index in [0.29, 0.717) is 17.9 Å². The molecule has 27 heavy (non-hydrogen) atoms. The van der Waals surface area contributed by atoms with Gasteiger partial charge in [0.2, 0.25) is 0 Å². The van der Waals surface area contributed by atoms with Crippen molar-refractivity contribution >= 4 is 35.1 Å². The van der Waals surface area contributed by atoms with Crippen molar-refractivity contribution in [3.8, 4) is 0 Å². The second-order valence-electron chi connectivity index (χ2n) is 5.56. The van der Waals surface area contributed by atoms with Gasteiger partial charge in [0.25, 0.3) is 5.91 Å². The van der Waals surface area contributed by atoms with Crippen LogP contribution >= 0.6 is 11.6 Å². The van der Waals surface area contributed by atoms with Crippen LogP contribution in [0.5, 0.6) is 0 Å². The molecule has 0 bridgehead atoms. The molecule has 0 aliphatic heterocycles. The third-order valence-corrected chi connectivity index (χ3v) is 3.64. The van der Waals surface area contributed by atoms with Crippen LogP contribution in [0.15, 0.2) is 42.6 Å². The van der Waals surface area contributed by atoms with Crippen molar-refractivity contribution in [3.63, 3.8) is 0 Å². The van der Waals surface area contributed by atoms with E-state index in [9.17, 15) is 14.4 Å². The smallest absolute Gasteiger partial charge is 0.338 e. The summed E-state index contributed by atoms with van der Waals surface area (Å²) in [5, 5.41) is 2.73. The van der Waals surface area contributed by atoms with Gasteiger partial charge < -0.3 is 14.8 Å². The quantitative estimate of drug-likeness (QED) is 0.421. The van der Waals surface area contributed by atoms with Gasteiger partial charge in [0.15, 0.2) is 6.61 Å². The van der Waals surface area contributed by atoms with Crippen LogP contribution in [-0.4, -0.2) is 36.0 Å². The lowest BCUT2D eigenvalue weighted by Gasteiger charge is -2.08. The number of hydrogen-bond acceptors (Lipinski definition) is 6. The summed E-state index contributed by atoms with van der Waals surface area (Å²) in [4.78, 5) is 39.3. The van der Waals surface area contributed by atoms with Crippen molar-refractivity contribution in [2.75, 3.05) is 18.5 Å². The summed E-state index contributed by atoms with van der Waals surface area (Å²) in [7, 11) is 0. The number of carbonyl (C=O) groups is 3. The van der Waals surface area contributed by atoms with E-state index in [1.807, 2.05) is 6.92 Å². The normalized spacial score (nSPS) is 10.1. The SMILES string of the molecule is CCCCOC(=O)c1ccc(NC(=O)COC(=O)c2ccnc(Cl)c2)cc1. The Kier molecular flexibility index (Phi) is 7.76. The highest BCUT2D eigenvalue weighted by Gasteiger charge is 2.12. The number of nitrogens with one attached hydrogen (secondary N) is 1. The van der Waals surface area contributed by atoms with E-state index in [2.05, 4.69) is 10.3 Å². The van der Waals surface area contributed by atoms with Crippen LogP contribution in [0, 0.1) is 0 Å². The molecule has 1 N–H and O–H groups in total. The van der Waals surface area contributed by atoms with Gasteiger partial charge >= 0.3 is 11.9 Å². The van der Waals surface area contributed by atoms with Crippen molar-refractivity contribution in [2.24, 2.45) is 0 Å². The number of anilines is 1. The Morgan fingerprint density at radius 1 is 1.04 bits per heavy atom. The Labute approximate surface area is 161 Å². The van der Waals surface area contributed by atoms with Crippen molar-refractivity contribution in [3.05, 3.63) is 58.9 Å². The minimum atomic E-state index is -0.681. The third kappa shape index (κ3) is 6.71. The molecule has 0 radical (unpaired) electrons. The monoisotopic (exact) mass is 390 g/mol. The number of nitrogens with zero attached hydrogens (tertiary/aromatic N) is 1. The first-order valence-corrected chi connectivity index (χ1v) is 8.73. The maximum absolute atomic E-state index is 11.9. The van der Waals surface area contributed by atoms with Gasteiger partial charge in [0, 0.05) is 11.9 Å². The highest BCUT2D eigenvalue weighted by atomic mass is 35.5. The molecular weight excluding hydrogens is 372 g/mol. The first-order chi connectivity index (χ1) is 13.0. The molecule has 0 unspecified atom stereocenters. The minimum Gasteiger partial charge on any atom is -0.462 e. The van der Waals surface area contributed by atoms with E-state index >= 15 is 0 Å². The van der Waals surface area contributed by atoms with Crippen LogP contribution in [0.25, 0.3) is 0 Å². The summed E-state index contributed by atoms with van der Waals surface area (Å²) in [6.45, 7) is 1.93. The number of esters is 2. The van der Waals surface area contributed by atoms with Crippen molar-refractivity contribution in [1.82, 2.24) is 4.98 Å². The number of hydrogen-bond donors (Lipinski definition) is 1. The lowest BCUT2D eigenvalue weighted by molar-refractivity contribution is -0.119. The average Bonchev–Trinajstić information content (AvgIpc) is 2.67. The fourth-order valence-corrected chi connectivity index (χ4v) is 2.20. The number of pyridine rings is 1. The summed E-state index contributed by atoms with van der Waals surface area (Å²) in [5.74, 6) is -1.60. The molecule has 7 nitrogen and oxygen atoms in total. The Morgan fingerprint density at radius 2 is 1.74 bits per heavy atom. The number of benzene rings is 1. The summed E-state index contributed by atoms with van der Waals surface area (Å²) in [6.07, 6.45) is 3.12. The van der Waals surface area contributed by atoms with Crippen molar-refractivity contribution < 1.29 is 23.9 Å². The predicted molar refractivity (Wildman–Crippen MR) is 99.8 cm³/mol. The van der Waals surface area contributed by atoms with Gasteiger partial charge in [0.1, 0.15) is 5.15 Å². The van der Waals surface area contributed by atoms with Gasteiger partial charge in [-0.25, -0.2) is 14.6 Å². The van der Waals surface area contributed by atoms with E-state index in [-0.39, 0.29) is 10.7 Å². The van der Waals surface area contributed by atoms with Gasteiger partial charge in [-0.05, 0) is 42.8 Å². The highest BCUT2D eigenvalue weighted by molar-refractivity contribution is 6.29. The van der Waals surface area contributed by atoms with E-state index < -0.39 is 24.5 Å². The van der Waals surface area contributed by atoms with Gasteiger partial charge in [-0.3, -0.25) is 4.79 Å². The summed E-state index contributed by atoms with van der Waals surface area (Å²) in [6, 6.07) is 9.02. The molecule has 0 aliphatic carbocycles. The molecular formula is C19H19ClN2O5. The number of unbranched alkanes of at least 4 members (excludes halogenated alkanes) is 1. The number of halogens is 1. The van der Waals surface area contributed by atoms with Gasteiger partial charge in [-0.2, -0.15) is 0 Å². The number of carbonyl (C=O) groups excluding carboxylic acids is 3. The third-order valence-electron chi connectivity index (χ3n) is 3.43. The molecule has 0 saturated heterocycles. The van der Waals surface area contributed by atoms with Gasteiger partial charge in [-0.15, -0.1) is 0 Å². The predicted octanol–water partition coefficient (Wildman–Crippen LogP) is 3.49. The molecule has 0 fully saturated rings. The molecule has 0 spiro atoms. The van der Waals surface area contributed by atoms with Crippen molar-refractivity contribution in [1.29, 1.82) is 0 Å². The van der Waals surface area contributed by atoms with Gasteiger partial charge in [0.05, 0.1) is 17.7 Å². The number of ether oxygens (including phenoxy) is 2. The molecule has 1 amide bonds. The Bertz CT molecular complexity index is 808. The molecule has 1 heterocycles. The molecule has 0 saturated carbocycles. The molecule has 142 valence electrons. The lowest BCUT2D eigenvalue weighted by Crippen LogP contribution is -2.21. The van der Waals surface area contributed by atoms with Gasteiger partial charge in [-0.1, -0.05) is 24.9 Å². The molecule has 0 atom stereocenters. The zero-order valence-electron chi connectivity index (χ0n) is 14.7. The maximum Gasteiger partial charge on any atom is 0.338 e. The lowest BCUT2D eigenvalue weighted by atomic mass is 10.2. The van der Waals surface area contributed by atoms with Crippen LogP contribution in [0.1, 0.15) is 40.5 Å².